The molecule has 2 amide bonds. The summed E-state index contributed by atoms with van der Waals surface area (Å²) in [5.74, 6) is -1.48. The summed E-state index contributed by atoms with van der Waals surface area (Å²) >= 11 is 6.73. The first-order chi connectivity index (χ1) is 18.3. The number of anilines is 1. The van der Waals surface area contributed by atoms with Gasteiger partial charge >= 0.3 is 0 Å². The smallest absolute Gasteiger partial charge is 0.261 e. The zero-order valence-electron chi connectivity index (χ0n) is 20.7. The van der Waals surface area contributed by atoms with Crippen molar-refractivity contribution in [2.24, 2.45) is 0 Å². The molecule has 0 saturated carbocycles. The van der Waals surface area contributed by atoms with Crippen LogP contribution in [0.5, 0.6) is 11.5 Å². The van der Waals surface area contributed by atoms with Gasteiger partial charge in [0.1, 0.15) is 40.3 Å². The second kappa shape index (κ2) is 10.3. The maximum absolute atomic E-state index is 14.9. The fourth-order valence-electron chi connectivity index (χ4n) is 4.84. The number of amides is 2. The molecule has 0 unspecified atom stereocenters. The Kier molecular flexibility index (Phi) is 6.94. The summed E-state index contributed by atoms with van der Waals surface area (Å²) in [6.45, 7) is 6.40. The Morgan fingerprint density at radius 2 is 2.00 bits per heavy atom. The van der Waals surface area contributed by atoms with Crippen LogP contribution in [0.15, 0.2) is 61.2 Å². The first kappa shape index (κ1) is 25.5. The van der Waals surface area contributed by atoms with Crippen LogP contribution in [0.2, 0.25) is 5.02 Å². The number of aromatic hydroxyl groups is 1. The number of phenolic OH excluding ortho intramolecular Hbond substituents is 1. The second-order valence-electron chi connectivity index (χ2n) is 9.19. The van der Waals surface area contributed by atoms with Gasteiger partial charge in [-0.2, -0.15) is 0 Å². The number of phenols is 1. The fraction of sp³-hybridized carbons (Fsp3) is 0.250. The lowest BCUT2D eigenvalue weighted by atomic mass is 10.0. The highest BCUT2D eigenvalue weighted by Gasteiger charge is 2.40. The summed E-state index contributed by atoms with van der Waals surface area (Å²) in [5, 5.41) is 13.7. The van der Waals surface area contributed by atoms with Crippen LogP contribution in [0.3, 0.4) is 0 Å². The molecule has 10 heteroatoms. The zero-order chi connectivity index (χ0) is 27.0. The van der Waals surface area contributed by atoms with Crippen LogP contribution < -0.4 is 10.1 Å². The minimum absolute atomic E-state index is 0.0445. The number of hydrogen-bond acceptors (Lipinski definition) is 6. The van der Waals surface area contributed by atoms with E-state index in [0.717, 1.165) is 5.56 Å². The number of halogens is 2. The van der Waals surface area contributed by atoms with Gasteiger partial charge < -0.3 is 25.0 Å². The van der Waals surface area contributed by atoms with Crippen molar-refractivity contribution in [1.82, 2.24) is 14.8 Å². The normalized spacial score (nSPS) is 17.6. The van der Waals surface area contributed by atoms with Crippen LogP contribution in [-0.2, 0) is 4.79 Å². The number of fused-ring (bicyclic) bond motifs is 2. The molecule has 0 aliphatic carbocycles. The third kappa shape index (κ3) is 4.54. The molecule has 1 saturated heterocycles. The van der Waals surface area contributed by atoms with Gasteiger partial charge in [0.2, 0.25) is 5.91 Å². The molecule has 38 heavy (non-hydrogen) atoms. The first-order valence-electron chi connectivity index (χ1n) is 12.2. The van der Waals surface area contributed by atoms with Crippen LogP contribution in [0, 0.1) is 5.82 Å². The van der Waals surface area contributed by atoms with Crippen LogP contribution in [0.4, 0.5) is 10.2 Å². The molecule has 1 aromatic heterocycles. The summed E-state index contributed by atoms with van der Waals surface area (Å²) < 4.78 is 21.0. The zero-order valence-corrected chi connectivity index (χ0v) is 21.4. The lowest BCUT2D eigenvalue weighted by molar-refractivity contribution is -0.128. The SMILES string of the molecule is C=CC(=O)N1CCN2C(=O)c3c(N[C@@H](C)c4ccccc4)nc(-c4c(O)cccc4F)c(Cl)c3OC[C@H]2C1. The van der Waals surface area contributed by atoms with E-state index in [-0.39, 0.29) is 76.7 Å². The number of rotatable bonds is 5. The molecule has 8 nitrogen and oxygen atoms in total. The highest BCUT2D eigenvalue weighted by molar-refractivity contribution is 6.35. The number of piperazine rings is 1. The average molecular weight is 537 g/mol. The van der Waals surface area contributed by atoms with Crippen molar-refractivity contribution in [1.29, 1.82) is 0 Å². The van der Waals surface area contributed by atoms with E-state index < -0.39 is 11.9 Å². The number of hydrogen-bond donors (Lipinski definition) is 2. The van der Waals surface area contributed by atoms with Gasteiger partial charge in [-0.3, -0.25) is 9.59 Å². The molecule has 2 aliphatic heterocycles. The Morgan fingerprint density at radius 1 is 1.24 bits per heavy atom. The average Bonchev–Trinajstić information content (AvgIpc) is 3.07. The van der Waals surface area contributed by atoms with E-state index in [9.17, 15) is 19.1 Å². The molecule has 2 N–H and O–H groups in total. The minimum Gasteiger partial charge on any atom is -0.507 e. The van der Waals surface area contributed by atoms with Crippen molar-refractivity contribution < 1.29 is 23.8 Å². The molecule has 3 aromatic rings. The lowest BCUT2D eigenvalue weighted by Gasteiger charge is -2.39. The van der Waals surface area contributed by atoms with Gasteiger partial charge in [-0.1, -0.05) is 54.6 Å². The van der Waals surface area contributed by atoms with E-state index in [4.69, 9.17) is 16.3 Å². The predicted octanol–water partition coefficient (Wildman–Crippen LogP) is 4.65. The summed E-state index contributed by atoms with van der Waals surface area (Å²) in [6, 6.07) is 12.7. The molecule has 0 spiro atoms. The number of nitrogens with one attached hydrogen (secondary N) is 1. The van der Waals surface area contributed by atoms with Crippen molar-refractivity contribution in [2.45, 2.75) is 19.0 Å². The van der Waals surface area contributed by atoms with E-state index >= 15 is 0 Å². The van der Waals surface area contributed by atoms with Gasteiger partial charge in [-0.05, 0) is 30.7 Å². The van der Waals surface area contributed by atoms with E-state index in [2.05, 4.69) is 16.9 Å². The minimum atomic E-state index is -0.725. The first-order valence-corrected chi connectivity index (χ1v) is 12.6. The van der Waals surface area contributed by atoms with Crippen molar-refractivity contribution >= 4 is 29.2 Å². The highest BCUT2D eigenvalue weighted by Crippen LogP contribution is 2.45. The van der Waals surface area contributed by atoms with Gasteiger partial charge in [-0.25, -0.2) is 9.37 Å². The molecular formula is C28H26ClFN4O4. The molecule has 3 heterocycles. The van der Waals surface area contributed by atoms with Crippen LogP contribution in [0.1, 0.15) is 28.9 Å². The quantitative estimate of drug-likeness (QED) is 0.461. The molecule has 1 fully saturated rings. The summed E-state index contributed by atoms with van der Waals surface area (Å²) in [5.41, 5.74) is 0.796. The summed E-state index contributed by atoms with van der Waals surface area (Å²) in [7, 11) is 0. The fourth-order valence-corrected chi connectivity index (χ4v) is 5.13. The van der Waals surface area contributed by atoms with Crippen LogP contribution in [-0.4, -0.2) is 64.0 Å². The largest absolute Gasteiger partial charge is 0.507 e. The standard InChI is InChI=1S/C28H26ClFN4O4/c1-3-21(36)33-12-13-34-18(14-33)15-38-26-23(28(34)37)27(31-16(2)17-8-5-4-6-9-17)32-25(24(26)29)22-19(30)10-7-11-20(22)35/h3-11,16,18,35H,1,12-15H2,2H3,(H,31,32)/t16-,18+/m0/s1. The van der Waals surface area contributed by atoms with E-state index in [1.54, 1.807) is 9.80 Å². The molecule has 2 atom stereocenters. The molecule has 196 valence electrons. The van der Waals surface area contributed by atoms with Gasteiger partial charge in [0, 0.05) is 25.7 Å². The molecule has 2 aromatic carbocycles. The Bertz CT molecular complexity index is 1400. The molecule has 0 bridgehead atoms. The van der Waals surface area contributed by atoms with E-state index in [0.29, 0.717) is 6.54 Å². The topological polar surface area (TPSA) is 95.0 Å². The number of pyridine rings is 1. The third-order valence-corrected chi connectivity index (χ3v) is 7.19. The van der Waals surface area contributed by atoms with Crippen molar-refractivity contribution in [3.8, 4) is 22.8 Å². The van der Waals surface area contributed by atoms with Gasteiger partial charge in [-0.15, -0.1) is 0 Å². The summed E-state index contributed by atoms with van der Waals surface area (Å²) in [6.07, 6.45) is 1.24. The molecule has 0 radical (unpaired) electrons. The number of carbonyl (C=O) groups excluding carboxylic acids is 2. The van der Waals surface area contributed by atoms with E-state index in [1.165, 1.54) is 24.3 Å². The maximum Gasteiger partial charge on any atom is 0.261 e. The predicted molar refractivity (Wildman–Crippen MR) is 142 cm³/mol. The highest BCUT2D eigenvalue weighted by atomic mass is 35.5. The van der Waals surface area contributed by atoms with E-state index in [1.807, 2.05) is 37.3 Å². The number of benzene rings is 2. The van der Waals surface area contributed by atoms with Gasteiger partial charge in [0.05, 0.1) is 11.6 Å². The van der Waals surface area contributed by atoms with Gasteiger partial charge in [0.15, 0.2) is 5.75 Å². The summed E-state index contributed by atoms with van der Waals surface area (Å²) in [4.78, 5) is 34.0. The van der Waals surface area contributed by atoms with Crippen LogP contribution in [0.25, 0.3) is 11.3 Å². The molecule has 2 aliphatic rings. The van der Waals surface area contributed by atoms with Crippen molar-refractivity contribution in [3.63, 3.8) is 0 Å². The monoisotopic (exact) mass is 536 g/mol. The van der Waals surface area contributed by atoms with Crippen LogP contribution >= 0.6 is 11.6 Å². The Hall–Kier alpha value is -4.11. The van der Waals surface area contributed by atoms with Crippen molar-refractivity contribution in [3.05, 3.63) is 83.2 Å². The Balaban J connectivity index is 1.64. The van der Waals surface area contributed by atoms with Crippen molar-refractivity contribution in [2.75, 3.05) is 31.6 Å². The molecular weight excluding hydrogens is 511 g/mol. The third-order valence-electron chi connectivity index (χ3n) is 6.84. The number of carbonyl (C=O) groups is 2. The number of nitrogens with zero attached hydrogens (tertiary/aromatic N) is 3. The Labute approximate surface area is 224 Å². The van der Waals surface area contributed by atoms with Gasteiger partial charge in [0.25, 0.3) is 5.91 Å². The second-order valence-corrected chi connectivity index (χ2v) is 9.57. The number of aromatic nitrogens is 1. The lowest BCUT2D eigenvalue weighted by Crippen LogP contribution is -2.57. The maximum atomic E-state index is 14.9. The molecule has 5 rings (SSSR count). The Morgan fingerprint density at radius 3 is 2.71 bits per heavy atom. The number of ether oxygens (including phenoxy) is 1.